The Morgan fingerprint density at radius 3 is 1.87 bits per heavy atom. The third kappa shape index (κ3) is 15.6. The first kappa shape index (κ1) is 27.2. The van der Waals surface area contributed by atoms with Gasteiger partial charge in [-0.15, -0.1) is 0 Å². The van der Waals surface area contributed by atoms with Crippen molar-refractivity contribution in [3.8, 4) is 0 Å². The van der Waals surface area contributed by atoms with Gasteiger partial charge in [0.25, 0.3) is 0 Å². The van der Waals surface area contributed by atoms with E-state index in [1.807, 2.05) is 7.05 Å². The average Bonchev–Trinajstić information content (AvgIpc) is 2.80. The van der Waals surface area contributed by atoms with Gasteiger partial charge in [0, 0.05) is 18.8 Å². The minimum absolute atomic E-state index is 0.901. The molecule has 2 heteroatoms. The van der Waals surface area contributed by atoms with Crippen molar-refractivity contribution in [3.05, 3.63) is 73.0 Å². The lowest BCUT2D eigenvalue weighted by Crippen LogP contribution is -2.33. The Labute approximate surface area is 193 Å². The zero-order valence-electron chi connectivity index (χ0n) is 20.4. The van der Waals surface area contributed by atoms with Crippen LogP contribution in [0.25, 0.3) is 0 Å². The van der Waals surface area contributed by atoms with Crippen molar-refractivity contribution < 1.29 is 0 Å². The zero-order chi connectivity index (χ0) is 22.4. The Hall–Kier alpha value is -1.80. The molecule has 0 radical (unpaired) electrons. The SMILES string of the molecule is C=C(CCC/C=C\C/C=C\C/C=C\C/C=C\C/C=C\CC)N1CCC(CCNC)CC1. The number of likely N-dealkylation sites (tertiary alicyclic amines) is 1. The van der Waals surface area contributed by atoms with Crippen LogP contribution in [-0.4, -0.2) is 31.6 Å². The second-order valence-corrected chi connectivity index (χ2v) is 8.49. The number of nitrogens with zero attached hydrogens (tertiary/aromatic N) is 1. The summed E-state index contributed by atoms with van der Waals surface area (Å²) in [6, 6.07) is 0. The number of hydrogen-bond acceptors (Lipinski definition) is 2. The molecule has 0 amide bonds. The van der Waals surface area contributed by atoms with Crippen LogP contribution in [-0.2, 0) is 0 Å². The van der Waals surface area contributed by atoms with E-state index in [2.05, 4.69) is 84.5 Å². The fourth-order valence-electron chi connectivity index (χ4n) is 3.84. The van der Waals surface area contributed by atoms with Crippen molar-refractivity contribution in [2.24, 2.45) is 5.92 Å². The fourth-order valence-corrected chi connectivity index (χ4v) is 3.84. The molecule has 0 spiro atoms. The van der Waals surface area contributed by atoms with Crippen molar-refractivity contribution >= 4 is 0 Å². The molecule has 0 aromatic carbocycles. The second-order valence-electron chi connectivity index (χ2n) is 8.49. The van der Waals surface area contributed by atoms with Gasteiger partial charge in [-0.05, 0) is 90.1 Å². The van der Waals surface area contributed by atoms with Gasteiger partial charge in [-0.3, -0.25) is 0 Å². The summed E-state index contributed by atoms with van der Waals surface area (Å²) in [4.78, 5) is 2.52. The van der Waals surface area contributed by atoms with E-state index in [0.717, 1.165) is 57.4 Å². The maximum atomic E-state index is 4.34. The molecule has 2 nitrogen and oxygen atoms in total. The lowest BCUT2D eigenvalue weighted by atomic mass is 9.93. The summed E-state index contributed by atoms with van der Waals surface area (Å²) in [7, 11) is 2.05. The molecule has 0 aromatic rings. The van der Waals surface area contributed by atoms with Crippen molar-refractivity contribution in [3.63, 3.8) is 0 Å². The molecule has 0 saturated carbocycles. The number of allylic oxidation sites excluding steroid dienone is 11. The maximum Gasteiger partial charge on any atom is 0.0177 e. The summed E-state index contributed by atoms with van der Waals surface area (Å²) in [5.74, 6) is 0.901. The molecule has 0 atom stereocenters. The first-order chi connectivity index (χ1) is 15.3. The molecule has 174 valence electrons. The molecule has 1 rings (SSSR count). The minimum Gasteiger partial charge on any atom is -0.375 e. The molecule has 1 aliphatic heterocycles. The van der Waals surface area contributed by atoms with E-state index in [1.54, 1.807) is 0 Å². The Bertz CT molecular complexity index is 572. The van der Waals surface area contributed by atoms with Crippen LogP contribution >= 0.6 is 0 Å². The largest absolute Gasteiger partial charge is 0.375 e. The quantitative estimate of drug-likeness (QED) is 0.190. The molecule has 1 N–H and O–H groups in total. The van der Waals surface area contributed by atoms with Crippen LogP contribution in [0, 0.1) is 5.92 Å². The van der Waals surface area contributed by atoms with Gasteiger partial charge in [-0.2, -0.15) is 0 Å². The molecule has 1 heterocycles. The monoisotopic (exact) mass is 424 g/mol. The van der Waals surface area contributed by atoms with Crippen molar-refractivity contribution in [1.82, 2.24) is 10.2 Å². The van der Waals surface area contributed by atoms with Crippen LogP contribution in [0.3, 0.4) is 0 Å². The predicted octanol–water partition coefficient (Wildman–Crippen LogP) is 7.74. The van der Waals surface area contributed by atoms with E-state index in [1.165, 1.54) is 44.5 Å². The smallest absolute Gasteiger partial charge is 0.0177 e. The number of piperidine rings is 1. The Balaban J connectivity index is 1.98. The van der Waals surface area contributed by atoms with Crippen LogP contribution in [0.15, 0.2) is 73.0 Å². The third-order valence-electron chi connectivity index (χ3n) is 5.86. The predicted molar refractivity (Wildman–Crippen MR) is 140 cm³/mol. The second kappa shape index (κ2) is 20.1. The van der Waals surface area contributed by atoms with Crippen molar-refractivity contribution in [2.75, 3.05) is 26.7 Å². The Morgan fingerprint density at radius 2 is 1.35 bits per heavy atom. The molecule has 1 fully saturated rings. The first-order valence-electron chi connectivity index (χ1n) is 12.6. The summed E-state index contributed by atoms with van der Waals surface area (Å²) >= 11 is 0. The average molecular weight is 425 g/mol. The first-order valence-corrected chi connectivity index (χ1v) is 12.6. The Morgan fingerprint density at radius 1 is 0.839 bits per heavy atom. The molecule has 0 bridgehead atoms. The molecular formula is C29H48N2. The van der Waals surface area contributed by atoms with E-state index in [-0.39, 0.29) is 0 Å². The molecule has 0 aromatic heterocycles. The van der Waals surface area contributed by atoms with E-state index >= 15 is 0 Å². The standard InChI is InChI=1S/C29H48N2/c1-4-5-6-7-8-9-10-11-12-13-14-15-16-17-18-19-20-21-28(2)31-26-23-29(24-27-31)22-25-30-3/h5-6,8-9,11-12,14-15,17-18,29-30H,2,4,7,10,13,16,19-27H2,1,3H3/b6-5-,9-8-,12-11-,15-14-,18-17-. The molecule has 0 aliphatic carbocycles. The molecule has 1 aliphatic rings. The highest BCUT2D eigenvalue weighted by Gasteiger charge is 2.19. The van der Waals surface area contributed by atoms with E-state index in [0.29, 0.717) is 0 Å². The van der Waals surface area contributed by atoms with Gasteiger partial charge in [0.2, 0.25) is 0 Å². The fraction of sp³-hybridized carbons (Fsp3) is 0.586. The van der Waals surface area contributed by atoms with Crippen LogP contribution in [0.4, 0.5) is 0 Å². The van der Waals surface area contributed by atoms with Crippen LogP contribution in [0.2, 0.25) is 0 Å². The molecule has 1 saturated heterocycles. The number of rotatable bonds is 17. The minimum atomic E-state index is 0.901. The highest BCUT2D eigenvalue weighted by molar-refractivity contribution is 5.01. The topological polar surface area (TPSA) is 15.3 Å². The lowest BCUT2D eigenvalue weighted by Gasteiger charge is -2.35. The van der Waals surface area contributed by atoms with Crippen LogP contribution in [0.5, 0.6) is 0 Å². The van der Waals surface area contributed by atoms with Gasteiger partial charge in [0.05, 0.1) is 0 Å². The summed E-state index contributed by atoms with van der Waals surface area (Å²) in [6.45, 7) is 10.1. The lowest BCUT2D eigenvalue weighted by molar-refractivity contribution is 0.214. The highest BCUT2D eigenvalue weighted by Crippen LogP contribution is 2.24. The van der Waals surface area contributed by atoms with E-state index in [9.17, 15) is 0 Å². The van der Waals surface area contributed by atoms with Crippen molar-refractivity contribution in [1.29, 1.82) is 0 Å². The number of hydrogen-bond donors (Lipinski definition) is 1. The van der Waals surface area contributed by atoms with Crippen LogP contribution < -0.4 is 5.32 Å². The van der Waals surface area contributed by atoms with E-state index < -0.39 is 0 Å². The maximum absolute atomic E-state index is 4.34. The summed E-state index contributed by atoms with van der Waals surface area (Å²) < 4.78 is 0. The molecular weight excluding hydrogens is 376 g/mol. The number of nitrogens with one attached hydrogen (secondary N) is 1. The van der Waals surface area contributed by atoms with Gasteiger partial charge in [-0.1, -0.05) is 74.3 Å². The number of unbranched alkanes of at least 4 members (excludes halogenated alkanes) is 1. The van der Waals surface area contributed by atoms with Crippen LogP contribution in [0.1, 0.15) is 77.6 Å². The van der Waals surface area contributed by atoms with E-state index in [4.69, 9.17) is 0 Å². The Kier molecular flexibility index (Phi) is 17.7. The zero-order valence-corrected chi connectivity index (χ0v) is 20.4. The van der Waals surface area contributed by atoms with Gasteiger partial charge in [0.1, 0.15) is 0 Å². The molecule has 31 heavy (non-hydrogen) atoms. The highest BCUT2D eigenvalue weighted by atomic mass is 15.1. The molecule has 0 unspecified atom stereocenters. The van der Waals surface area contributed by atoms with Gasteiger partial charge in [-0.25, -0.2) is 0 Å². The summed E-state index contributed by atoms with van der Waals surface area (Å²) in [5.41, 5.74) is 1.35. The van der Waals surface area contributed by atoms with Gasteiger partial charge in [0.15, 0.2) is 0 Å². The third-order valence-corrected chi connectivity index (χ3v) is 5.86. The summed E-state index contributed by atoms with van der Waals surface area (Å²) in [5, 5.41) is 3.27. The van der Waals surface area contributed by atoms with Gasteiger partial charge >= 0.3 is 0 Å². The normalized spacial score (nSPS) is 16.3. The van der Waals surface area contributed by atoms with Gasteiger partial charge < -0.3 is 10.2 Å². The summed E-state index contributed by atoms with van der Waals surface area (Å²) in [6.07, 6.45) is 35.3. The van der Waals surface area contributed by atoms with Crippen molar-refractivity contribution in [2.45, 2.75) is 77.6 Å².